The zero-order chi connectivity index (χ0) is 14.8. The number of nitrogens with one attached hydrogen (secondary N) is 1. The monoisotopic (exact) mass is 271 g/mol. The maximum absolute atomic E-state index is 4.66. The van der Waals surface area contributed by atoms with E-state index in [4.69, 9.17) is 0 Å². The zero-order valence-corrected chi connectivity index (χ0v) is 13.1. The second-order valence-corrected chi connectivity index (χ2v) is 6.43. The second kappa shape index (κ2) is 5.80. The highest BCUT2D eigenvalue weighted by atomic mass is 15.3. The van der Waals surface area contributed by atoms with Crippen molar-refractivity contribution in [2.24, 2.45) is 0 Å². The zero-order valence-electron chi connectivity index (χ0n) is 13.1. The molecular weight excluding hydrogens is 246 g/mol. The van der Waals surface area contributed by atoms with Crippen LogP contribution >= 0.6 is 0 Å². The van der Waals surface area contributed by atoms with E-state index >= 15 is 0 Å². The Bertz CT molecular complexity index is 549. The molecule has 1 unspecified atom stereocenters. The largest absolute Gasteiger partial charge is 0.310 e. The van der Waals surface area contributed by atoms with Crippen LogP contribution in [-0.4, -0.2) is 21.9 Å². The molecule has 1 heterocycles. The first-order valence-corrected chi connectivity index (χ1v) is 7.19. The lowest BCUT2D eigenvalue weighted by Crippen LogP contribution is -2.40. The van der Waals surface area contributed by atoms with Gasteiger partial charge in [0.05, 0.1) is 11.7 Å². The third-order valence-electron chi connectivity index (χ3n) is 3.35. The summed E-state index contributed by atoms with van der Waals surface area (Å²) in [5, 5.41) is 8.26. The number of hydrogen-bond acceptors (Lipinski definition) is 2. The molecule has 1 aromatic heterocycles. The molecule has 3 heteroatoms. The molecule has 1 N–H and O–H groups in total. The second-order valence-electron chi connectivity index (χ2n) is 6.43. The summed E-state index contributed by atoms with van der Waals surface area (Å²) in [6.45, 7) is 11.6. The third kappa shape index (κ3) is 3.70. The van der Waals surface area contributed by atoms with Crippen LogP contribution in [-0.2, 0) is 0 Å². The van der Waals surface area contributed by atoms with E-state index in [0.717, 1.165) is 12.2 Å². The number of aromatic nitrogens is 2. The molecule has 3 nitrogen and oxygen atoms in total. The van der Waals surface area contributed by atoms with Crippen LogP contribution in [0.25, 0.3) is 0 Å². The Hall–Kier alpha value is -1.61. The van der Waals surface area contributed by atoms with Gasteiger partial charge in [-0.1, -0.05) is 30.3 Å². The van der Waals surface area contributed by atoms with E-state index in [9.17, 15) is 0 Å². The van der Waals surface area contributed by atoms with Gasteiger partial charge >= 0.3 is 0 Å². The highest BCUT2D eigenvalue weighted by Crippen LogP contribution is 2.20. The molecule has 0 saturated heterocycles. The number of aryl methyl sites for hydroxylation is 2. The maximum Gasteiger partial charge on any atom is 0.0896 e. The van der Waals surface area contributed by atoms with Crippen LogP contribution < -0.4 is 5.32 Å². The molecule has 0 radical (unpaired) electrons. The first-order valence-electron chi connectivity index (χ1n) is 7.19. The Kier molecular flexibility index (Phi) is 4.29. The van der Waals surface area contributed by atoms with Crippen molar-refractivity contribution >= 4 is 0 Å². The van der Waals surface area contributed by atoms with Gasteiger partial charge < -0.3 is 5.32 Å². The smallest absolute Gasteiger partial charge is 0.0896 e. The molecule has 0 spiro atoms. The summed E-state index contributed by atoms with van der Waals surface area (Å²) >= 11 is 0. The molecule has 0 aliphatic carbocycles. The molecule has 0 aliphatic heterocycles. The molecule has 0 bridgehead atoms. The van der Waals surface area contributed by atoms with Gasteiger partial charge in [0.15, 0.2) is 0 Å². The lowest BCUT2D eigenvalue weighted by Gasteiger charge is -2.26. The highest BCUT2D eigenvalue weighted by molar-refractivity contribution is 5.22. The van der Waals surface area contributed by atoms with Gasteiger partial charge in [-0.25, -0.2) is 0 Å². The molecule has 108 valence electrons. The first-order chi connectivity index (χ1) is 9.37. The summed E-state index contributed by atoms with van der Waals surface area (Å²) < 4.78 is 2.13. The predicted octanol–water partition coefficient (Wildman–Crippen LogP) is 3.48. The van der Waals surface area contributed by atoms with E-state index in [1.165, 1.54) is 11.3 Å². The molecule has 0 fully saturated rings. The summed E-state index contributed by atoms with van der Waals surface area (Å²) in [5.41, 5.74) is 3.66. The average Bonchev–Trinajstić information content (AvgIpc) is 2.69. The quantitative estimate of drug-likeness (QED) is 0.922. The molecule has 1 atom stereocenters. The van der Waals surface area contributed by atoms with Crippen LogP contribution in [0.1, 0.15) is 43.8 Å². The number of hydrogen-bond donors (Lipinski definition) is 1. The van der Waals surface area contributed by atoms with Crippen LogP contribution in [0, 0.1) is 13.8 Å². The fourth-order valence-electron chi connectivity index (χ4n) is 2.39. The summed E-state index contributed by atoms with van der Waals surface area (Å²) in [6, 6.07) is 12.9. The Balaban J connectivity index is 2.32. The molecule has 0 saturated carbocycles. The summed E-state index contributed by atoms with van der Waals surface area (Å²) in [7, 11) is 0. The van der Waals surface area contributed by atoms with E-state index in [1.54, 1.807) is 0 Å². The van der Waals surface area contributed by atoms with Crippen LogP contribution in [0.5, 0.6) is 0 Å². The molecule has 2 aromatic rings. The Morgan fingerprint density at radius 1 is 1.15 bits per heavy atom. The molecule has 0 amide bonds. The van der Waals surface area contributed by atoms with Crippen LogP contribution in [0.2, 0.25) is 0 Å². The van der Waals surface area contributed by atoms with E-state index in [1.807, 2.05) is 6.92 Å². The fraction of sp³-hybridized carbons (Fsp3) is 0.471. The predicted molar refractivity (Wildman–Crippen MR) is 84.0 cm³/mol. The van der Waals surface area contributed by atoms with Crippen LogP contribution in [0.3, 0.4) is 0 Å². The van der Waals surface area contributed by atoms with Crippen molar-refractivity contribution in [2.75, 3.05) is 6.54 Å². The SMILES string of the molecule is Cc1cc(C)n(C(CNC(C)(C)C)c2ccccc2)n1. The van der Waals surface area contributed by atoms with Crippen molar-refractivity contribution in [3.8, 4) is 0 Å². The van der Waals surface area contributed by atoms with Gasteiger partial charge in [0.25, 0.3) is 0 Å². The summed E-state index contributed by atoms with van der Waals surface area (Å²) in [4.78, 5) is 0. The lowest BCUT2D eigenvalue weighted by atomic mass is 10.0. The van der Waals surface area contributed by atoms with E-state index < -0.39 is 0 Å². The molecule has 1 aromatic carbocycles. The van der Waals surface area contributed by atoms with Gasteiger partial charge in [0.1, 0.15) is 0 Å². The molecule has 0 aliphatic rings. The average molecular weight is 271 g/mol. The van der Waals surface area contributed by atoms with E-state index in [-0.39, 0.29) is 11.6 Å². The Labute approximate surface area is 122 Å². The van der Waals surface area contributed by atoms with Gasteiger partial charge in [-0.05, 0) is 46.2 Å². The minimum atomic E-state index is 0.100. The van der Waals surface area contributed by atoms with Crippen molar-refractivity contribution in [1.29, 1.82) is 0 Å². The van der Waals surface area contributed by atoms with E-state index in [2.05, 4.69) is 79.2 Å². The van der Waals surface area contributed by atoms with Gasteiger partial charge in [-0.15, -0.1) is 0 Å². The third-order valence-corrected chi connectivity index (χ3v) is 3.35. The van der Waals surface area contributed by atoms with Gasteiger partial charge in [-0.3, -0.25) is 4.68 Å². The van der Waals surface area contributed by atoms with Crippen LogP contribution in [0.4, 0.5) is 0 Å². The lowest BCUT2D eigenvalue weighted by molar-refractivity contribution is 0.374. The molecule has 2 rings (SSSR count). The topological polar surface area (TPSA) is 29.9 Å². The Morgan fingerprint density at radius 2 is 1.80 bits per heavy atom. The van der Waals surface area contributed by atoms with Crippen molar-refractivity contribution in [3.63, 3.8) is 0 Å². The van der Waals surface area contributed by atoms with Crippen LogP contribution in [0.15, 0.2) is 36.4 Å². The summed E-state index contributed by atoms with van der Waals surface area (Å²) in [6.07, 6.45) is 0. The number of rotatable bonds is 4. The van der Waals surface area contributed by atoms with Gasteiger partial charge in [0.2, 0.25) is 0 Å². The summed E-state index contributed by atoms with van der Waals surface area (Å²) in [5.74, 6) is 0. The minimum absolute atomic E-state index is 0.100. The standard InChI is InChI=1S/C17H25N3/c1-13-11-14(2)20(19-13)16(12-18-17(3,4)5)15-9-7-6-8-10-15/h6-11,16,18H,12H2,1-5H3. The van der Waals surface area contributed by atoms with Crippen molar-refractivity contribution in [2.45, 2.75) is 46.2 Å². The highest BCUT2D eigenvalue weighted by Gasteiger charge is 2.19. The Morgan fingerprint density at radius 3 is 2.30 bits per heavy atom. The fourth-order valence-corrected chi connectivity index (χ4v) is 2.39. The first kappa shape index (κ1) is 14.8. The number of benzene rings is 1. The van der Waals surface area contributed by atoms with Crippen molar-refractivity contribution in [1.82, 2.24) is 15.1 Å². The van der Waals surface area contributed by atoms with Gasteiger partial charge in [-0.2, -0.15) is 5.10 Å². The van der Waals surface area contributed by atoms with Crippen molar-refractivity contribution < 1.29 is 0 Å². The molecular formula is C17H25N3. The maximum atomic E-state index is 4.66. The normalized spacial score (nSPS) is 13.4. The molecule has 20 heavy (non-hydrogen) atoms. The minimum Gasteiger partial charge on any atom is -0.310 e. The number of nitrogens with zero attached hydrogens (tertiary/aromatic N) is 2. The van der Waals surface area contributed by atoms with E-state index in [0.29, 0.717) is 0 Å². The van der Waals surface area contributed by atoms with Crippen molar-refractivity contribution in [3.05, 3.63) is 53.3 Å². The van der Waals surface area contributed by atoms with Gasteiger partial charge in [0, 0.05) is 17.8 Å².